The predicted molar refractivity (Wildman–Crippen MR) is 103 cm³/mol. The molecule has 0 radical (unpaired) electrons. The number of carbonyl (C=O) groups is 2. The molecule has 0 unspecified atom stereocenters. The number of hydrogen-bond acceptors (Lipinski definition) is 3. The van der Waals surface area contributed by atoms with E-state index < -0.39 is 5.41 Å². The first kappa shape index (κ1) is 16.1. The number of carbonyl (C=O) groups excluding carboxylic acids is 2. The fraction of sp³-hybridized carbons (Fsp3) is 0.273. The first-order valence-corrected chi connectivity index (χ1v) is 9.28. The smallest absolute Gasteiger partial charge is 0.289 e. The molecule has 0 aliphatic carbocycles. The van der Waals surface area contributed by atoms with E-state index in [4.69, 9.17) is 4.42 Å². The van der Waals surface area contributed by atoms with Crippen LogP contribution in [0.5, 0.6) is 0 Å². The van der Waals surface area contributed by atoms with Gasteiger partial charge in [0, 0.05) is 24.2 Å². The summed E-state index contributed by atoms with van der Waals surface area (Å²) in [5.74, 6) is 0.314. The van der Waals surface area contributed by atoms with Gasteiger partial charge < -0.3 is 14.6 Å². The number of likely N-dealkylation sites (tertiary alicyclic amines) is 1. The minimum Gasteiger partial charge on any atom is -0.451 e. The summed E-state index contributed by atoms with van der Waals surface area (Å²) in [6.45, 7) is 3.05. The van der Waals surface area contributed by atoms with Gasteiger partial charge in [0.05, 0.1) is 5.41 Å². The van der Waals surface area contributed by atoms with Crippen LogP contribution in [0, 0.1) is 6.92 Å². The van der Waals surface area contributed by atoms with Gasteiger partial charge in [0.1, 0.15) is 5.58 Å². The van der Waals surface area contributed by atoms with Gasteiger partial charge in [-0.25, -0.2) is 0 Å². The molecule has 5 rings (SSSR count). The Labute approximate surface area is 157 Å². The highest BCUT2D eigenvalue weighted by molar-refractivity contribution is 6.06. The van der Waals surface area contributed by atoms with Crippen molar-refractivity contribution in [2.45, 2.75) is 25.2 Å². The van der Waals surface area contributed by atoms with Crippen LogP contribution in [0.25, 0.3) is 11.0 Å². The maximum atomic E-state index is 12.9. The summed E-state index contributed by atoms with van der Waals surface area (Å²) in [6.07, 6.45) is 1.25. The van der Waals surface area contributed by atoms with Crippen LogP contribution in [0.4, 0.5) is 5.69 Å². The molecule has 1 aromatic heterocycles. The monoisotopic (exact) mass is 360 g/mol. The Kier molecular flexibility index (Phi) is 3.41. The number of nitrogens with zero attached hydrogens (tertiary/aromatic N) is 1. The van der Waals surface area contributed by atoms with E-state index in [9.17, 15) is 9.59 Å². The Morgan fingerprint density at radius 3 is 2.67 bits per heavy atom. The van der Waals surface area contributed by atoms with Crippen molar-refractivity contribution in [2.75, 3.05) is 18.4 Å². The molecule has 2 aliphatic heterocycles. The van der Waals surface area contributed by atoms with Crippen molar-refractivity contribution in [3.8, 4) is 0 Å². The molecule has 2 amide bonds. The first-order valence-electron chi connectivity index (χ1n) is 9.28. The summed E-state index contributed by atoms with van der Waals surface area (Å²) in [4.78, 5) is 27.4. The number of para-hydroxylation sites is 2. The minimum atomic E-state index is -0.516. The molecule has 0 saturated carbocycles. The number of amides is 2. The zero-order chi connectivity index (χ0) is 18.6. The highest BCUT2D eigenvalue weighted by Gasteiger charge is 2.48. The number of nitrogens with one attached hydrogen (secondary N) is 1. The molecule has 1 fully saturated rings. The molecule has 3 aromatic rings. The minimum absolute atomic E-state index is 0.0511. The summed E-state index contributed by atoms with van der Waals surface area (Å²) < 4.78 is 5.84. The molecule has 5 heteroatoms. The summed E-state index contributed by atoms with van der Waals surface area (Å²) in [6, 6.07) is 15.6. The number of aryl methyl sites for hydroxylation is 1. The van der Waals surface area contributed by atoms with Gasteiger partial charge in [0.2, 0.25) is 5.91 Å². The second-order valence-electron chi connectivity index (χ2n) is 7.48. The van der Waals surface area contributed by atoms with E-state index in [1.807, 2.05) is 55.5 Å². The van der Waals surface area contributed by atoms with Crippen LogP contribution in [0.3, 0.4) is 0 Å². The Bertz CT molecular complexity index is 1070. The Balaban J connectivity index is 1.39. The molecule has 1 saturated heterocycles. The maximum absolute atomic E-state index is 12.9. The highest BCUT2D eigenvalue weighted by Crippen LogP contribution is 2.44. The van der Waals surface area contributed by atoms with Crippen molar-refractivity contribution in [1.29, 1.82) is 0 Å². The third-order valence-corrected chi connectivity index (χ3v) is 5.98. The summed E-state index contributed by atoms with van der Waals surface area (Å²) in [5.41, 5.74) is 3.22. The van der Waals surface area contributed by atoms with Gasteiger partial charge in [0.25, 0.3) is 5.91 Å². The number of piperidine rings is 1. The summed E-state index contributed by atoms with van der Waals surface area (Å²) in [7, 11) is 0. The van der Waals surface area contributed by atoms with Gasteiger partial charge >= 0.3 is 0 Å². The summed E-state index contributed by atoms with van der Waals surface area (Å²) in [5, 5.41) is 3.94. The fourth-order valence-electron chi connectivity index (χ4n) is 4.43. The normalized spacial score (nSPS) is 18.0. The van der Waals surface area contributed by atoms with E-state index in [-0.39, 0.29) is 11.8 Å². The molecule has 0 bridgehead atoms. The van der Waals surface area contributed by atoms with Gasteiger partial charge in [-0.15, -0.1) is 0 Å². The first-order chi connectivity index (χ1) is 13.1. The highest BCUT2D eigenvalue weighted by atomic mass is 16.3. The predicted octanol–water partition coefficient (Wildman–Crippen LogP) is 3.87. The molecular weight excluding hydrogens is 340 g/mol. The Hall–Kier alpha value is -3.08. The van der Waals surface area contributed by atoms with Gasteiger partial charge in [0.15, 0.2) is 5.76 Å². The topological polar surface area (TPSA) is 62.6 Å². The SMILES string of the molecule is Cc1cccc2cc(C(=O)N3CCC4(CC3)C(=O)Nc3ccccc34)oc12. The number of rotatable bonds is 1. The summed E-state index contributed by atoms with van der Waals surface area (Å²) >= 11 is 0. The lowest BCUT2D eigenvalue weighted by Crippen LogP contribution is -2.48. The van der Waals surface area contributed by atoms with Crippen LogP contribution >= 0.6 is 0 Å². The van der Waals surface area contributed by atoms with E-state index >= 15 is 0 Å². The lowest BCUT2D eigenvalue weighted by atomic mass is 9.73. The van der Waals surface area contributed by atoms with Crippen molar-refractivity contribution < 1.29 is 14.0 Å². The third-order valence-electron chi connectivity index (χ3n) is 5.98. The zero-order valence-corrected chi connectivity index (χ0v) is 15.1. The number of fused-ring (bicyclic) bond motifs is 3. The molecule has 136 valence electrons. The largest absolute Gasteiger partial charge is 0.451 e. The maximum Gasteiger partial charge on any atom is 0.289 e. The molecule has 1 spiro atoms. The van der Waals surface area contributed by atoms with Crippen molar-refractivity contribution >= 4 is 28.5 Å². The molecule has 3 heterocycles. The lowest BCUT2D eigenvalue weighted by Gasteiger charge is -2.37. The van der Waals surface area contributed by atoms with Crippen LogP contribution in [-0.4, -0.2) is 29.8 Å². The number of hydrogen-bond donors (Lipinski definition) is 1. The van der Waals surface area contributed by atoms with Crippen molar-refractivity contribution in [3.05, 3.63) is 65.4 Å². The fourth-order valence-corrected chi connectivity index (χ4v) is 4.43. The molecule has 27 heavy (non-hydrogen) atoms. The zero-order valence-electron chi connectivity index (χ0n) is 15.1. The van der Waals surface area contributed by atoms with Gasteiger partial charge in [-0.1, -0.05) is 36.4 Å². The average Bonchev–Trinajstić information content (AvgIpc) is 3.23. The van der Waals surface area contributed by atoms with E-state index in [1.165, 1.54) is 0 Å². The standard InChI is InChI=1S/C22H20N2O3/c1-14-5-4-6-15-13-18(27-19(14)15)20(25)24-11-9-22(10-12-24)16-7-2-3-8-17(16)23-21(22)26/h2-8,13H,9-12H2,1H3,(H,23,26). The van der Waals surface area contributed by atoms with E-state index in [2.05, 4.69) is 5.32 Å². The quantitative estimate of drug-likeness (QED) is 0.717. The van der Waals surface area contributed by atoms with Crippen molar-refractivity contribution in [2.24, 2.45) is 0 Å². The molecule has 2 aromatic carbocycles. The van der Waals surface area contributed by atoms with Crippen LogP contribution in [-0.2, 0) is 10.2 Å². The van der Waals surface area contributed by atoms with Crippen LogP contribution in [0.2, 0.25) is 0 Å². The van der Waals surface area contributed by atoms with Gasteiger partial charge in [-0.05, 0) is 43.0 Å². The Morgan fingerprint density at radius 2 is 1.89 bits per heavy atom. The third kappa shape index (κ3) is 2.31. The van der Waals surface area contributed by atoms with Crippen molar-refractivity contribution in [1.82, 2.24) is 4.90 Å². The number of furan rings is 1. The lowest BCUT2D eigenvalue weighted by molar-refractivity contribution is -0.122. The Morgan fingerprint density at radius 1 is 1.11 bits per heavy atom. The molecule has 5 nitrogen and oxygen atoms in total. The molecule has 1 N–H and O–H groups in total. The molecule has 0 atom stereocenters. The van der Waals surface area contributed by atoms with Crippen molar-refractivity contribution in [3.63, 3.8) is 0 Å². The number of benzene rings is 2. The molecular formula is C22H20N2O3. The van der Waals surface area contributed by atoms with Crippen LogP contribution < -0.4 is 5.32 Å². The number of anilines is 1. The van der Waals surface area contributed by atoms with Gasteiger partial charge in [-0.2, -0.15) is 0 Å². The second-order valence-corrected chi connectivity index (χ2v) is 7.48. The molecule has 2 aliphatic rings. The van der Waals surface area contributed by atoms with E-state index in [1.54, 1.807) is 4.90 Å². The van der Waals surface area contributed by atoms with E-state index in [0.717, 1.165) is 27.8 Å². The second kappa shape index (κ2) is 5.71. The average molecular weight is 360 g/mol. The van der Waals surface area contributed by atoms with E-state index in [0.29, 0.717) is 31.7 Å². The van der Waals surface area contributed by atoms with Gasteiger partial charge in [-0.3, -0.25) is 9.59 Å². The van der Waals surface area contributed by atoms with Crippen LogP contribution in [0.1, 0.15) is 34.5 Å². The van der Waals surface area contributed by atoms with Crippen LogP contribution in [0.15, 0.2) is 52.9 Å².